The number of hydrogen-bond acceptors (Lipinski definition) is 1. The molecule has 0 amide bonds. The van der Waals surface area contributed by atoms with E-state index >= 15 is 8.78 Å². The summed E-state index contributed by atoms with van der Waals surface area (Å²) in [6.07, 6.45) is -2.18. The van der Waals surface area contributed by atoms with Gasteiger partial charge in [0.15, 0.2) is 23.3 Å². The smallest absolute Gasteiger partial charge is 0.426 e. The molecule has 0 saturated heterocycles. The lowest BCUT2D eigenvalue weighted by atomic mass is 9.97. The summed E-state index contributed by atoms with van der Waals surface area (Å²) in [7, 11) is 0. The van der Waals surface area contributed by atoms with Crippen molar-refractivity contribution in [3.63, 3.8) is 0 Å². The zero-order valence-corrected chi connectivity index (χ0v) is 26.1. The highest BCUT2D eigenvalue weighted by Crippen LogP contribution is 2.35. The molecule has 0 atom stereocenters. The molecule has 0 radical (unpaired) electrons. The van der Waals surface area contributed by atoms with Gasteiger partial charge in [0.05, 0.1) is 5.56 Å². The van der Waals surface area contributed by atoms with E-state index in [1.807, 2.05) is 6.92 Å². The molecule has 0 bridgehead atoms. The molecular formula is C39H29F9O. The second-order valence-corrected chi connectivity index (χ2v) is 11.4. The van der Waals surface area contributed by atoms with E-state index in [0.717, 1.165) is 18.6 Å². The van der Waals surface area contributed by atoms with Crippen molar-refractivity contribution in [3.8, 4) is 28.0 Å². The lowest BCUT2D eigenvalue weighted by Gasteiger charge is -2.19. The van der Waals surface area contributed by atoms with Gasteiger partial charge < -0.3 is 4.74 Å². The zero-order chi connectivity index (χ0) is 35.3. The van der Waals surface area contributed by atoms with Crippen molar-refractivity contribution >= 4 is 5.83 Å². The molecule has 5 aromatic rings. The highest BCUT2D eigenvalue weighted by Gasteiger charge is 2.35. The molecule has 10 heteroatoms. The van der Waals surface area contributed by atoms with Crippen molar-refractivity contribution < 1.29 is 44.3 Å². The van der Waals surface area contributed by atoms with Crippen LogP contribution in [0.1, 0.15) is 48.4 Å². The number of hydrogen-bond donors (Lipinski definition) is 0. The number of unbranched alkanes of at least 4 members (excludes halogenated alkanes) is 1. The van der Waals surface area contributed by atoms with Gasteiger partial charge in [-0.2, -0.15) is 8.78 Å². The van der Waals surface area contributed by atoms with Crippen LogP contribution in [0.3, 0.4) is 0 Å². The fraction of sp³-hybridized carbons (Fsp3) is 0.179. The first-order chi connectivity index (χ1) is 23.4. The number of ether oxygens (including phenoxy) is 1. The Kier molecular flexibility index (Phi) is 10.9. The first kappa shape index (κ1) is 35.3. The standard InChI is InChI=1S/C39H29F9O/c1-2-3-4-32(40)37(45)27-11-8-24(9-12-27)28-13-10-26(33(41)20-28)7-5-23-6-18-31(34(42)19-23)25-14-16-29(17-15-25)39(47,48)49-30-21-35(43)38(46)36(44)22-30/h6,8-22H,2-5,7H2,1H3. The molecule has 5 aromatic carbocycles. The molecule has 0 aliphatic rings. The van der Waals surface area contributed by atoms with Gasteiger partial charge in [0.25, 0.3) is 0 Å². The predicted octanol–water partition coefficient (Wildman–Crippen LogP) is 12.4. The maximum absolute atomic E-state index is 15.1. The van der Waals surface area contributed by atoms with Gasteiger partial charge >= 0.3 is 6.11 Å². The molecule has 0 N–H and O–H groups in total. The first-order valence-electron chi connectivity index (χ1n) is 15.4. The van der Waals surface area contributed by atoms with Crippen molar-refractivity contribution in [2.45, 2.75) is 45.1 Å². The van der Waals surface area contributed by atoms with Crippen LogP contribution in [0.2, 0.25) is 0 Å². The van der Waals surface area contributed by atoms with Crippen molar-refractivity contribution in [1.29, 1.82) is 0 Å². The van der Waals surface area contributed by atoms with E-state index in [1.165, 1.54) is 42.5 Å². The monoisotopic (exact) mass is 684 g/mol. The number of aryl methyl sites for hydroxylation is 2. The van der Waals surface area contributed by atoms with Crippen LogP contribution in [-0.2, 0) is 19.0 Å². The maximum atomic E-state index is 15.1. The number of halogens is 9. The molecule has 0 heterocycles. The highest BCUT2D eigenvalue weighted by molar-refractivity contribution is 5.69. The quantitative estimate of drug-likeness (QED) is 0.0939. The van der Waals surface area contributed by atoms with Crippen molar-refractivity contribution in [1.82, 2.24) is 0 Å². The summed E-state index contributed by atoms with van der Waals surface area (Å²) in [5.41, 5.74) is 1.92. The predicted molar refractivity (Wildman–Crippen MR) is 171 cm³/mol. The van der Waals surface area contributed by atoms with Gasteiger partial charge in [-0.25, -0.2) is 30.7 Å². The van der Waals surface area contributed by atoms with Crippen LogP contribution in [0.5, 0.6) is 5.75 Å². The third kappa shape index (κ3) is 8.36. The van der Waals surface area contributed by atoms with Crippen LogP contribution < -0.4 is 4.74 Å². The van der Waals surface area contributed by atoms with Crippen LogP contribution in [0.25, 0.3) is 28.1 Å². The number of alkyl halides is 2. The number of benzene rings is 5. The van der Waals surface area contributed by atoms with Gasteiger partial charge in [-0.15, -0.1) is 0 Å². The third-order valence-corrected chi connectivity index (χ3v) is 7.96. The summed E-state index contributed by atoms with van der Waals surface area (Å²) in [6, 6.07) is 20.1. The maximum Gasteiger partial charge on any atom is 0.426 e. The normalized spacial score (nSPS) is 12.2. The first-order valence-corrected chi connectivity index (χ1v) is 15.4. The van der Waals surface area contributed by atoms with E-state index in [9.17, 15) is 30.7 Å². The fourth-order valence-corrected chi connectivity index (χ4v) is 5.21. The summed E-state index contributed by atoms with van der Waals surface area (Å²) in [5.74, 6) is -8.94. The van der Waals surface area contributed by atoms with Crippen molar-refractivity contribution in [2.75, 3.05) is 0 Å². The molecule has 0 spiro atoms. The van der Waals surface area contributed by atoms with Crippen molar-refractivity contribution in [2.24, 2.45) is 0 Å². The minimum absolute atomic E-state index is 0.0281. The van der Waals surface area contributed by atoms with Crippen LogP contribution in [0.4, 0.5) is 39.5 Å². The fourth-order valence-electron chi connectivity index (χ4n) is 5.21. The topological polar surface area (TPSA) is 9.23 Å². The Morgan fingerprint density at radius 3 is 1.88 bits per heavy atom. The van der Waals surface area contributed by atoms with E-state index in [-0.39, 0.29) is 29.5 Å². The Bertz CT molecular complexity index is 1940. The van der Waals surface area contributed by atoms with Crippen molar-refractivity contribution in [3.05, 3.63) is 154 Å². The van der Waals surface area contributed by atoms with Crippen LogP contribution >= 0.6 is 0 Å². The minimum Gasteiger partial charge on any atom is -0.429 e. The summed E-state index contributed by atoms with van der Waals surface area (Å²) < 4.78 is 132. The molecule has 1 nitrogen and oxygen atoms in total. The van der Waals surface area contributed by atoms with Gasteiger partial charge in [0.2, 0.25) is 0 Å². The highest BCUT2D eigenvalue weighted by atomic mass is 19.3. The summed E-state index contributed by atoms with van der Waals surface area (Å²) in [5, 5.41) is 0. The van der Waals surface area contributed by atoms with E-state index in [0.29, 0.717) is 47.2 Å². The molecule has 254 valence electrons. The molecule has 0 aromatic heterocycles. The Balaban J connectivity index is 1.22. The Morgan fingerprint density at radius 2 is 1.27 bits per heavy atom. The summed E-state index contributed by atoms with van der Waals surface area (Å²) >= 11 is 0. The molecule has 0 unspecified atom stereocenters. The molecule has 49 heavy (non-hydrogen) atoms. The van der Waals surface area contributed by atoms with E-state index in [2.05, 4.69) is 4.74 Å². The second-order valence-electron chi connectivity index (χ2n) is 11.4. The lowest BCUT2D eigenvalue weighted by Crippen LogP contribution is -2.22. The SMILES string of the molecule is CCCCC(F)=C(F)c1ccc(-c2ccc(CCc3ccc(-c4ccc(C(F)(F)Oc5cc(F)c(F)c(F)c5)cc4)c(F)c3)c(F)c2)cc1. The lowest BCUT2D eigenvalue weighted by molar-refractivity contribution is -0.185. The average Bonchev–Trinajstić information content (AvgIpc) is 3.08. The van der Waals surface area contributed by atoms with Gasteiger partial charge in [-0.3, -0.25) is 0 Å². The largest absolute Gasteiger partial charge is 0.429 e. The van der Waals surface area contributed by atoms with Gasteiger partial charge in [-0.05, 0) is 71.3 Å². The average molecular weight is 685 g/mol. The third-order valence-electron chi connectivity index (χ3n) is 7.96. The van der Waals surface area contributed by atoms with E-state index in [1.54, 1.807) is 30.3 Å². The minimum atomic E-state index is -4.04. The molecular weight excluding hydrogens is 655 g/mol. The van der Waals surface area contributed by atoms with Gasteiger partial charge in [0.1, 0.15) is 23.2 Å². The van der Waals surface area contributed by atoms with Crippen LogP contribution in [0.15, 0.2) is 103 Å². The number of allylic oxidation sites excluding steroid dienone is 1. The summed E-state index contributed by atoms with van der Waals surface area (Å²) in [6.45, 7) is 1.89. The van der Waals surface area contributed by atoms with E-state index < -0.39 is 58.2 Å². The molecule has 0 aliphatic heterocycles. The number of rotatable bonds is 12. The molecule has 0 fully saturated rings. The molecule has 0 aliphatic carbocycles. The second kappa shape index (κ2) is 15.1. The van der Waals surface area contributed by atoms with Gasteiger partial charge in [0, 0.05) is 29.7 Å². The van der Waals surface area contributed by atoms with E-state index in [4.69, 9.17) is 0 Å². The Hall–Kier alpha value is -4.99. The van der Waals surface area contributed by atoms with Gasteiger partial charge in [-0.1, -0.05) is 74.0 Å². The van der Waals surface area contributed by atoms with Crippen LogP contribution in [0, 0.1) is 29.1 Å². The Labute approximate surface area is 277 Å². The molecule has 5 rings (SSSR count). The molecule has 0 saturated carbocycles. The van der Waals surface area contributed by atoms with Crippen LogP contribution in [-0.4, -0.2) is 0 Å². The zero-order valence-electron chi connectivity index (χ0n) is 26.1. The summed E-state index contributed by atoms with van der Waals surface area (Å²) in [4.78, 5) is 0. The Morgan fingerprint density at radius 1 is 0.633 bits per heavy atom.